The molecular weight excluding hydrogens is 1080 g/mol. The molecule has 26 heteroatoms. The summed E-state index contributed by atoms with van der Waals surface area (Å²) in [5.41, 5.74) is -0.657. The molecule has 10 aliphatic rings. The van der Waals surface area contributed by atoms with Crippen molar-refractivity contribution in [2.24, 2.45) is 46.3 Å². The van der Waals surface area contributed by atoms with Crippen molar-refractivity contribution in [1.29, 1.82) is 0 Å². The molecular formula is C55H82O26. The summed E-state index contributed by atoms with van der Waals surface area (Å²) in [7, 11) is 0. The van der Waals surface area contributed by atoms with Crippen molar-refractivity contribution in [3.8, 4) is 0 Å². The van der Waals surface area contributed by atoms with Crippen molar-refractivity contribution < 1.29 is 127 Å². The highest BCUT2D eigenvalue weighted by atomic mass is 16.8. The highest BCUT2D eigenvalue weighted by molar-refractivity contribution is 5.90. The Balaban J connectivity index is 0.923. The number of esters is 3. The lowest BCUT2D eigenvalue weighted by molar-refractivity contribution is -0.376. The Labute approximate surface area is 468 Å². The third kappa shape index (κ3) is 10.5. The summed E-state index contributed by atoms with van der Waals surface area (Å²) in [5, 5.41) is 99.5. The number of Topliss-reactive ketones (excluding diaryl/α,β-unsaturated/α-hetero) is 1. The molecule has 81 heavy (non-hydrogen) atoms. The van der Waals surface area contributed by atoms with E-state index in [9.17, 15) is 60.3 Å². The summed E-state index contributed by atoms with van der Waals surface area (Å²) < 4.78 is 79.8. The first kappa shape index (κ1) is 61.2. The van der Waals surface area contributed by atoms with Gasteiger partial charge in [-0.25, -0.2) is 0 Å². The number of carbonyl (C=O) groups excluding carboxylic acids is 4. The van der Waals surface area contributed by atoms with Crippen LogP contribution in [0.15, 0.2) is 11.6 Å². The van der Waals surface area contributed by atoms with Crippen LogP contribution in [0.5, 0.6) is 0 Å². The number of ether oxygens (including phenoxy) is 13. The number of rotatable bonds is 11. The van der Waals surface area contributed by atoms with E-state index >= 15 is 4.79 Å². The number of aliphatic hydroxyl groups excluding tert-OH is 9. The zero-order chi connectivity index (χ0) is 58.7. The Bertz CT molecular complexity index is 2360. The summed E-state index contributed by atoms with van der Waals surface area (Å²) in [4.78, 5) is 53.0. The lowest BCUT2D eigenvalue weighted by Gasteiger charge is -2.60. The van der Waals surface area contributed by atoms with Crippen LogP contribution in [0.3, 0.4) is 0 Å². The minimum atomic E-state index is -1.77. The van der Waals surface area contributed by atoms with E-state index in [1.165, 1.54) is 13.8 Å². The summed E-state index contributed by atoms with van der Waals surface area (Å²) in [5.74, 6) is -6.75. The van der Waals surface area contributed by atoms with Gasteiger partial charge in [0.1, 0.15) is 67.1 Å². The van der Waals surface area contributed by atoms with Gasteiger partial charge in [0.05, 0.1) is 50.3 Å². The molecule has 1 spiro atoms. The maximum Gasteiger partial charge on any atom is 0.303 e. The molecule has 0 aromatic carbocycles. The van der Waals surface area contributed by atoms with Crippen LogP contribution in [0.4, 0.5) is 0 Å². The zero-order valence-corrected chi connectivity index (χ0v) is 46.9. The number of hydrogen-bond donors (Lipinski definition) is 9. The molecule has 3 saturated carbocycles. The molecule has 6 saturated heterocycles. The first-order valence-electron chi connectivity index (χ1n) is 28.5. The smallest absolute Gasteiger partial charge is 0.303 e. The Morgan fingerprint density at radius 3 is 1.96 bits per heavy atom. The maximum absolute atomic E-state index is 15.3. The fourth-order valence-corrected chi connectivity index (χ4v) is 15.8. The molecule has 26 nitrogen and oxygen atoms in total. The van der Waals surface area contributed by atoms with Crippen molar-refractivity contribution in [1.82, 2.24) is 0 Å². The lowest BCUT2D eigenvalue weighted by Crippen LogP contribution is -2.66. The standard InChI is InChI=1S/C55H82O26/c1-19-16-71-55(48(68)42(19)79-50-41(67)39(65)35(61)21(3)72-50)20(2)33-44(81-55)38(64)34-28-11-10-26-14-27(59)15-32(54(26,9)29(28)12-13-53(33,34)8)78-51-45(37(63)31(18-70-51)77-49-40(66)36(62)30(60)17-69-49)80-52-47(76-25(7)58)46(75-24(6)57)43(22(4)73-52)74-23(5)56/h10,19-22,27-37,39-52,59-63,65-68H,11-18H2,1-9H3/t19-,20-,21+,22-,27+,28+,29-,30+,31-,32+,33-,34+,35-,36-,37-,39+,40+,41+,42-,43-,44+,45+,46+,47+,48-,49-,50-,51-,52-,53+,54-,55-/m0/s1. The number of aliphatic hydroxyl groups is 9. The van der Waals surface area contributed by atoms with Crippen molar-refractivity contribution in [2.45, 2.75) is 241 Å². The van der Waals surface area contributed by atoms with Crippen LogP contribution < -0.4 is 0 Å². The average Bonchev–Trinajstić information content (AvgIpc) is 1.74. The summed E-state index contributed by atoms with van der Waals surface area (Å²) in [6, 6.07) is 0. The number of carbonyl (C=O) groups is 4. The highest BCUT2D eigenvalue weighted by Crippen LogP contribution is 2.70. The van der Waals surface area contributed by atoms with Gasteiger partial charge in [0.2, 0.25) is 5.79 Å². The van der Waals surface area contributed by atoms with Crippen LogP contribution in [0, 0.1) is 46.3 Å². The van der Waals surface area contributed by atoms with Crippen LogP contribution in [0.1, 0.15) is 94.4 Å². The van der Waals surface area contributed by atoms with Crippen molar-refractivity contribution in [3.05, 3.63) is 11.6 Å². The molecule has 6 aliphatic heterocycles. The topological polar surface area (TPSA) is 370 Å². The van der Waals surface area contributed by atoms with Crippen molar-refractivity contribution in [3.63, 3.8) is 0 Å². The predicted octanol–water partition coefficient (Wildman–Crippen LogP) is -1.85. The van der Waals surface area contributed by atoms with E-state index in [-0.39, 0.29) is 30.6 Å². The molecule has 10 rings (SSSR count). The van der Waals surface area contributed by atoms with Gasteiger partial charge in [-0.1, -0.05) is 39.3 Å². The first-order valence-corrected chi connectivity index (χ1v) is 28.5. The van der Waals surface area contributed by atoms with Crippen molar-refractivity contribution >= 4 is 23.7 Å². The van der Waals surface area contributed by atoms with Gasteiger partial charge >= 0.3 is 17.9 Å². The molecule has 0 amide bonds. The molecule has 0 unspecified atom stereocenters. The third-order valence-corrected chi connectivity index (χ3v) is 19.9. The van der Waals surface area contributed by atoms with Gasteiger partial charge in [0.25, 0.3) is 0 Å². The number of hydrogen-bond acceptors (Lipinski definition) is 26. The Kier molecular flexibility index (Phi) is 17.4. The molecule has 0 aromatic rings. The molecule has 0 radical (unpaired) electrons. The molecule has 9 fully saturated rings. The zero-order valence-electron chi connectivity index (χ0n) is 46.9. The van der Waals surface area contributed by atoms with E-state index in [1.54, 1.807) is 6.92 Å². The number of ketones is 1. The summed E-state index contributed by atoms with van der Waals surface area (Å²) >= 11 is 0. The minimum Gasteiger partial charge on any atom is -0.456 e. The van der Waals surface area contributed by atoms with Gasteiger partial charge in [-0.15, -0.1) is 0 Å². The van der Waals surface area contributed by atoms with E-state index in [0.717, 1.165) is 26.3 Å². The first-order chi connectivity index (χ1) is 38.1. The molecule has 9 N–H and O–H groups in total. The third-order valence-electron chi connectivity index (χ3n) is 19.9. The summed E-state index contributed by atoms with van der Waals surface area (Å²) in [6.45, 7) is 13.4. The SMILES string of the molecule is CC(=O)O[C@@H]1[C@@H](OC(C)=O)[C@H](C)O[C@@H](O[C@H]2[C@H](O[C@@H]3C[C@H](O)CC4=CC[C@H]5[C@@H]6C(=O)[C@@H]7O[C@@]8(OC[C@H](C)[C@H](O[C@@H]9O[C@H](C)[C@H](O)[C@@H](O)[C@H]9O)[C@@H]8O)[C@@H](C)[C@@H]7[C@@]6(C)CC[C@@H]5[C@]43C)OC[C@H](O[C@@H]3OC[C@@H](O)[C@H](O)[C@H]3O)[C@@H]2O)[C@@H]1OC(C)=O. The van der Waals surface area contributed by atoms with E-state index < -0.39 is 213 Å². The van der Waals surface area contributed by atoms with Gasteiger partial charge in [-0.05, 0) is 56.8 Å². The van der Waals surface area contributed by atoms with E-state index in [0.29, 0.717) is 25.7 Å². The van der Waals surface area contributed by atoms with Crippen LogP contribution in [-0.2, 0) is 80.8 Å². The van der Waals surface area contributed by atoms with Gasteiger partial charge in [0, 0.05) is 56.3 Å². The maximum atomic E-state index is 15.3. The fourth-order valence-electron chi connectivity index (χ4n) is 15.8. The van der Waals surface area contributed by atoms with Gasteiger partial charge in [0.15, 0.2) is 49.3 Å². The fraction of sp³-hybridized carbons (Fsp3) is 0.891. The second-order valence-electron chi connectivity index (χ2n) is 24.9. The average molecular weight is 1160 g/mol. The van der Waals surface area contributed by atoms with Crippen LogP contribution in [0.2, 0.25) is 0 Å². The predicted molar refractivity (Wildman–Crippen MR) is 267 cm³/mol. The Morgan fingerprint density at radius 1 is 0.642 bits per heavy atom. The molecule has 4 aliphatic carbocycles. The highest BCUT2D eigenvalue weighted by Gasteiger charge is 2.75. The normalized spacial score (nSPS) is 53.3. The van der Waals surface area contributed by atoms with Crippen LogP contribution in [0.25, 0.3) is 0 Å². The summed E-state index contributed by atoms with van der Waals surface area (Å²) in [6.07, 6.45) is -28.1. The largest absolute Gasteiger partial charge is 0.456 e. The Hall–Kier alpha value is -2.94. The molecule has 0 aromatic heterocycles. The molecule has 458 valence electrons. The van der Waals surface area contributed by atoms with Gasteiger partial charge in [-0.3, -0.25) is 19.2 Å². The van der Waals surface area contributed by atoms with Crippen LogP contribution >= 0.6 is 0 Å². The molecule has 32 atom stereocenters. The second kappa shape index (κ2) is 23.1. The number of fused-ring (bicyclic) bond motifs is 7. The van der Waals surface area contributed by atoms with Gasteiger partial charge < -0.3 is 108 Å². The van der Waals surface area contributed by atoms with Gasteiger partial charge in [-0.2, -0.15) is 0 Å². The van der Waals surface area contributed by atoms with E-state index in [1.807, 2.05) is 13.8 Å². The number of allylic oxidation sites excluding steroid dienone is 1. The minimum absolute atomic E-state index is 0.0622. The molecule has 6 heterocycles. The quantitative estimate of drug-likeness (QED) is 0.0623. The monoisotopic (exact) mass is 1160 g/mol. The van der Waals surface area contributed by atoms with Crippen LogP contribution in [-0.4, -0.2) is 236 Å². The lowest BCUT2D eigenvalue weighted by atomic mass is 9.46. The Morgan fingerprint density at radius 2 is 1.27 bits per heavy atom. The van der Waals surface area contributed by atoms with E-state index in [4.69, 9.17) is 61.6 Å². The second-order valence-corrected chi connectivity index (χ2v) is 24.9. The van der Waals surface area contributed by atoms with E-state index in [2.05, 4.69) is 13.0 Å². The molecule has 0 bridgehead atoms. The van der Waals surface area contributed by atoms with Crippen molar-refractivity contribution in [2.75, 3.05) is 19.8 Å².